The van der Waals surface area contributed by atoms with Gasteiger partial charge < -0.3 is 5.43 Å². The minimum Gasteiger partial charge on any atom is -0.324 e. The second-order valence-corrected chi connectivity index (χ2v) is 4.14. The van der Waals surface area contributed by atoms with Crippen LogP contribution < -0.4 is 5.43 Å². The van der Waals surface area contributed by atoms with Crippen LogP contribution in [0.2, 0.25) is 0 Å². The van der Waals surface area contributed by atoms with E-state index in [0.717, 1.165) is 12.8 Å². The van der Waals surface area contributed by atoms with Crippen molar-refractivity contribution < 1.29 is 0 Å². The molecular weight excluding hydrogens is 196 g/mol. The first kappa shape index (κ1) is 10.8. The first-order valence-corrected chi connectivity index (χ1v) is 5.78. The van der Waals surface area contributed by atoms with Gasteiger partial charge in [0.05, 0.1) is 0 Å². The van der Waals surface area contributed by atoms with Crippen LogP contribution >= 0.6 is 0 Å². The van der Waals surface area contributed by atoms with Gasteiger partial charge in [0.1, 0.15) is 0 Å². The van der Waals surface area contributed by atoms with Crippen LogP contribution in [-0.2, 0) is 6.42 Å². The zero-order valence-electron chi connectivity index (χ0n) is 9.63. The van der Waals surface area contributed by atoms with E-state index in [-0.39, 0.29) is 0 Å². The molecule has 0 aliphatic rings. The molecule has 0 fully saturated rings. The normalized spacial score (nSPS) is 12.3. The fourth-order valence-corrected chi connectivity index (χ4v) is 1.77. The Hall–Kier alpha value is -1.70. The van der Waals surface area contributed by atoms with Crippen LogP contribution in [0.3, 0.4) is 0 Å². The summed E-state index contributed by atoms with van der Waals surface area (Å²) in [5.74, 6) is 0. The Labute approximate surface area is 96.9 Å². The predicted octanol–water partition coefficient (Wildman–Crippen LogP) is 3.05. The molecule has 84 valence electrons. The van der Waals surface area contributed by atoms with E-state index in [1.165, 1.54) is 5.56 Å². The summed E-state index contributed by atoms with van der Waals surface area (Å²) in [5, 5.41) is 0. The van der Waals surface area contributed by atoms with E-state index >= 15 is 0 Å². The van der Waals surface area contributed by atoms with E-state index in [1.54, 1.807) is 0 Å². The Morgan fingerprint density at radius 3 is 2.44 bits per heavy atom. The molecule has 0 amide bonds. The van der Waals surface area contributed by atoms with Crippen LogP contribution in [-0.4, -0.2) is 10.7 Å². The quantitative estimate of drug-likeness (QED) is 0.809. The lowest BCUT2D eigenvalue weighted by atomic mass is 10.1. The molecule has 1 heterocycles. The molecule has 1 atom stereocenters. The summed E-state index contributed by atoms with van der Waals surface area (Å²) < 4.78 is 2.01. The molecule has 2 aromatic rings. The Kier molecular flexibility index (Phi) is 3.65. The van der Waals surface area contributed by atoms with Gasteiger partial charge in [-0.2, -0.15) is 0 Å². The van der Waals surface area contributed by atoms with Crippen molar-refractivity contribution in [3.8, 4) is 0 Å². The fourth-order valence-electron chi connectivity index (χ4n) is 1.77. The highest BCUT2D eigenvalue weighted by Crippen LogP contribution is 2.05. The topological polar surface area (TPSA) is 17.0 Å². The summed E-state index contributed by atoms with van der Waals surface area (Å²) in [5.41, 5.74) is 4.81. The number of nitrogens with zero attached hydrogens (tertiary/aromatic N) is 1. The van der Waals surface area contributed by atoms with Crippen LogP contribution in [0.15, 0.2) is 54.9 Å². The third-order valence-corrected chi connectivity index (χ3v) is 2.68. The highest BCUT2D eigenvalue weighted by Gasteiger charge is 2.01. The summed E-state index contributed by atoms with van der Waals surface area (Å²) in [7, 11) is 0. The fraction of sp³-hybridized carbons (Fsp3) is 0.286. The van der Waals surface area contributed by atoms with Crippen LogP contribution in [0.4, 0.5) is 0 Å². The van der Waals surface area contributed by atoms with E-state index in [2.05, 4.69) is 42.7 Å². The SMILES string of the molecule is CC(CCc1ccccc1)Nn1cccc1. The maximum atomic E-state index is 3.41. The van der Waals surface area contributed by atoms with Crippen molar-refractivity contribution in [2.75, 3.05) is 5.43 Å². The van der Waals surface area contributed by atoms with Gasteiger partial charge in [0, 0.05) is 18.4 Å². The molecule has 0 saturated carbocycles. The van der Waals surface area contributed by atoms with Crippen LogP contribution in [0, 0.1) is 0 Å². The van der Waals surface area contributed by atoms with E-state index in [1.807, 2.05) is 29.2 Å². The van der Waals surface area contributed by atoms with Crippen LogP contribution in [0.1, 0.15) is 18.9 Å². The number of aryl methyl sites for hydroxylation is 1. The van der Waals surface area contributed by atoms with Crippen molar-refractivity contribution in [2.45, 2.75) is 25.8 Å². The summed E-state index contributed by atoms with van der Waals surface area (Å²) in [6.45, 7) is 2.21. The highest BCUT2D eigenvalue weighted by atomic mass is 15.4. The smallest absolute Gasteiger partial charge is 0.0399 e. The molecule has 0 aliphatic carbocycles. The molecule has 1 unspecified atom stereocenters. The molecule has 0 spiro atoms. The van der Waals surface area contributed by atoms with Crippen molar-refractivity contribution in [2.24, 2.45) is 0 Å². The van der Waals surface area contributed by atoms with Gasteiger partial charge in [0.15, 0.2) is 0 Å². The Morgan fingerprint density at radius 2 is 1.75 bits per heavy atom. The summed E-state index contributed by atoms with van der Waals surface area (Å²) in [6.07, 6.45) is 6.32. The van der Waals surface area contributed by atoms with Gasteiger partial charge >= 0.3 is 0 Å². The van der Waals surface area contributed by atoms with E-state index in [4.69, 9.17) is 0 Å². The number of hydrogen-bond donors (Lipinski definition) is 1. The van der Waals surface area contributed by atoms with Gasteiger partial charge in [-0.25, -0.2) is 0 Å². The van der Waals surface area contributed by atoms with E-state index in [9.17, 15) is 0 Å². The molecule has 2 rings (SSSR count). The monoisotopic (exact) mass is 214 g/mol. The van der Waals surface area contributed by atoms with Crippen LogP contribution in [0.25, 0.3) is 0 Å². The second-order valence-electron chi connectivity index (χ2n) is 4.14. The largest absolute Gasteiger partial charge is 0.324 e. The lowest BCUT2D eigenvalue weighted by molar-refractivity contribution is 0.633. The average Bonchev–Trinajstić information content (AvgIpc) is 2.81. The third kappa shape index (κ3) is 3.16. The van der Waals surface area contributed by atoms with Gasteiger partial charge in [-0.05, 0) is 37.5 Å². The lowest BCUT2D eigenvalue weighted by Crippen LogP contribution is -2.24. The minimum atomic E-state index is 0.479. The van der Waals surface area contributed by atoms with E-state index in [0.29, 0.717) is 6.04 Å². The second kappa shape index (κ2) is 5.40. The molecular formula is C14H18N2. The molecule has 2 heteroatoms. The minimum absolute atomic E-state index is 0.479. The maximum Gasteiger partial charge on any atom is 0.0399 e. The van der Waals surface area contributed by atoms with Crippen molar-refractivity contribution >= 4 is 0 Å². The molecule has 0 bridgehead atoms. The summed E-state index contributed by atoms with van der Waals surface area (Å²) in [6, 6.07) is 15.1. The summed E-state index contributed by atoms with van der Waals surface area (Å²) in [4.78, 5) is 0. The maximum absolute atomic E-state index is 3.41. The molecule has 16 heavy (non-hydrogen) atoms. The molecule has 1 aromatic heterocycles. The first-order chi connectivity index (χ1) is 7.84. The van der Waals surface area contributed by atoms with Crippen LogP contribution in [0.5, 0.6) is 0 Å². The third-order valence-electron chi connectivity index (χ3n) is 2.68. The van der Waals surface area contributed by atoms with Gasteiger partial charge in [0.2, 0.25) is 0 Å². The number of hydrogen-bond acceptors (Lipinski definition) is 1. The Bertz CT molecular complexity index is 392. The standard InChI is InChI=1S/C14H18N2/c1-13(15-16-11-5-6-12-16)9-10-14-7-3-2-4-8-14/h2-8,11-13,15H,9-10H2,1H3. The zero-order valence-corrected chi connectivity index (χ0v) is 9.63. The Balaban J connectivity index is 1.78. The zero-order chi connectivity index (χ0) is 11.2. The summed E-state index contributed by atoms with van der Waals surface area (Å²) >= 11 is 0. The van der Waals surface area contributed by atoms with Gasteiger partial charge in [-0.15, -0.1) is 0 Å². The molecule has 0 saturated heterocycles. The Morgan fingerprint density at radius 1 is 1.06 bits per heavy atom. The van der Waals surface area contributed by atoms with Gasteiger partial charge in [-0.3, -0.25) is 4.68 Å². The van der Waals surface area contributed by atoms with Crippen molar-refractivity contribution in [1.29, 1.82) is 0 Å². The van der Waals surface area contributed by atoms with Gasteiger partial charge in [0.25, 0.3) is 0 Å². The van der Waals surface area contributed by atoms with Crippen molar-refractivity contribution in [3.63, 3.8) is 0 Å². The number of aromatic nitrogens is 1. The molecule has 1 aromatic carbocycles. The number of benzene rings is 1. The lowest BCUT2D eigenvalue weighted by Gasteiger charge is -2.15. The van der Waals surface area contributed by atoms with Crippen molar-refractivity contribution in [3.05, 3.63) is 60.4 Å². The highest BCUT2D eigenvalue weighted by molar-refractivity contribution is 5.14. The van der Waals surface area contributed by atoms with Crippen molar-refractivity contribution in [1.82, 2.24) is 4.68 Å². The van der Waals surface area contributed by atoms with E-state index < -0.39 is 0 Å². The average molecular weight is 214 g/mol. The van der Waals surface area contributed by atoms with Gasteiger partial charge in [-0.1, -0.05) is 30.3 Å². The number of rotatable bonds is 5. The number of nitrogens with one attached hydrogen (secondary N) is 1. The molecule has 1 N–H and O–H groups in total. The molecule has 2 nitrogen and oxygen atoms in total. The predicted molar refractivity (Wildman–Crippen MR) is 68.0 cm³/mol. The first-order valence-electron chi connectivity index (χ1n) is 5.78. The molecule has 0 radical (unpaired) electrons. The molecule has 0 aliphatic heterocycles.